The Morgan fingerprint density at radius 2 is 1.86 bits per heavy atom. The van der Waals surface area contributed by atoms with Crippen molar-refractivity contribution in [1.82, 2.24) is 0 Å². The van der Waals surface area contributed by atoms with Gasteiger partial charge in [0.05, 0.1) is 5.56 Å². The minimum Gasteiger partial charge on any atom is -0.478 e. The van der Waals surface area contributed by atoms with Crippen molar-refractivity contribution in [2.24, 2.45) is 0 Å². The van der Waals surface area contributed by atoms with Gasteiger partial charge >= 0.3 is 5.97 Å². The number of carboxylic acids is 1. The molecule has 4 N–H and O–H groups in total. The predicted octanol–water partition coefficient (Wildman–Crippen LogP) is 2.60. The van der Waals surface area contributed by atoms with Gasteiger partial charge in [-0.1, -0.05) is 12.1 Å². The van der Waals surface area contributed by atoms with E-state index in [0.717, 1.165) is 5.56 Å². The topological polar surface area (TPSA) is 92.8 Å². The molecule has 110 valence electrons. The van der Waals surface area contributed by atoms with Crippen molar-refractivity contribution in [3.05, 3.63) is 53.1 Å². The maximum atomic E-state index is 11.1. The standard InChI is InChI=1S/C16H17NO4/c1-10-8-13(9-14(15(10)17)16(19)20)21-12-4-2-11(3-5-12)6-7-18/h2-5,8-9,18H,6-7,17H2,1H3,(H,19,20). The fourth-order valence-corrected chi connectivity index (χ4v) is 1.99. The molecule has 0 amide bonds. The van der Waals surface area contributed by atoms with E-state index in [4.69, 9.17) is 20.7 Å². The Kier molecular flexibility index (Phi) is 4.45. The maximum absolute atomic E-state index is 11.1. The number of nitrogens with two attached hydrogens (primary N) is 1. The molecular formula is C16H17NO4. The van der Waals surface area contributed by atoms with Crippen LogP contribution in [0.25, 0.3) is 0 Å². The Bertz CT molecular complexity index is 650. The summed E-state index contributed by atoms with van der Waals surface area (Å²) >= 11 is 0. The van der Waals surface area contributed by atoms with Crippen molar-refractivity contribution in [1.29, 1.82) is 0 Å². The van der Waals surface area contributed by atoms with Gasteiger partial charge < -0.3 is 20.7 Å². The first-order valence-corrected chi connectivity index (χ1v) is 6.52. The first-order valence-electron chi connectivity index (χ1n) is 6.52. The predicted molar refractivity (Wildman–Crippen MR) is 79.9 cm³/mol. The smallest absolute Gasteiger partial charge is 0.337 e. The number of nitrogen functional groups attached to an aromatic ring is 1. The molecule has 5 heteroatoms. The lowest BCUT2D eigenvalue weighted by atomic mass is 10.1. The van der Waals surface area contributed by atoms with Gasteiger partial charge in [0, 0.05) is 12.3 Å². The zero-order valence-electron chi connectivity index (χ0n) is 11.7. The van der Waals surface area contributed by atoms with E-state index >= 15 is 0 Å². The van der Waals surface area contributed by atoms with Crippen LogP contribution in [-0.4, -0.2) is 22.8 Å². The van der Waals surface area contributed by atoms with Crippen molar-refractivity contribution in [2.75, 3.05) is 12.3 Å². The van der Waals surface area contributed by atoms with Gasteiger partial charge in [-0.3, -0.25) is 0 Å². The molecule has 0 aromatic heterocycles. The second-order valence-corrected chi connectivity index (χ2v) is 4.73. The van der Waals surface area contributed by atoms with Crippen molar-refractivity contribution in [2.45, 2.75) is 13.3 Å². The second-order valence-electron chi connectivity index (χ2n) is 4.73. The van der Waals surface area contributed by atoms with Crippen LogP contribution >= 0.6 is 0 Å². The number of anilines is 1. The summed E-state index contributed by atoms with van der Waals surface area (Å²) in [7, 11) is 0. The molecule has 21 heavy (non-hydrogen) atoms. The summed E-state index contributed by atoms with van der Waals surface area (Å²) in [5, 5.41) is 18.0. The van der Waals surface area contributed by atoms with Crippen LogP contribution in [0.15, 0.2) is 36.4 Å². The lowest BCUT2D eigenvalue weighted by Gasteiger charge is -2.11. The van der Waals surface area contributed by atoms with Crippen LogP contribution in [0.2, 0.25) is 0 Å². The van der Waals surface area contributed by atoms with Crippen LogP contribution in [0.4, 0.5) is 5.69 Å². The van der Waals surface area contributed by atoms with Gasteiger partial charge in [0.2, 0.25) is 0 Å². The Morgan fingerprint density at radius 1 is 1.19 bits per heavy atom. The molecule has 0 aliphatic heterocycles. The number of aliphatic hydroxyl groups excluding tert-OH is 1. The maximum Gasteiger partial charge on any atom is 0.337 e. The summed E-state index contributed by atoms with van der Waals surface area (Å²) in [6.07, 6.45) is 0.588. The highest BCUT2D eigenvalue weighted by Gasteiger charge is 2.12. The van der Waals surface area contributed by atoms with Gasteiger partial charge in [-0.2, -0.15) is 0 Å². The average molecular weight is 287 g/mol. The molecule has 5 nitrogen and oxygen atoms in total. The highest BCUT2D eigenvalue weighted by atomic mass is 16.5. The summed E-state index contributed by atoms with van der Waals surface area (Å²) in [4.78, 5) is 11.1. The Labute approximate surface area is 122 Å². The van der Waals surface area contributed by atoms with Crippen LogP contribution in [-0.2, 0) is 6.42 Å². The Balaban J connectivity index is 2.25. The molecule has 0 aliphatic carbocycles. The molecular weight excluding hydrogens is 270 g/mol. The van der Waals surface area contributed by atoms with Crippen LogP contribution in [0.3, 0.4) is 0 Å². The van der Waals surface area contributed by atoms with Gasteiger partial charge in [0.1, 0.15) is 11.5 Å². The molecule has 0 heterocycles. The van der Waals surface area contributed by atoms with Gasteiger partial charge in [-0.05, 0) is 48.7 Å². The lowest BCUT2D eigenvalue weighted by Crippen LogP contribution is -2.04. The molecule has 0 saturated heterocycles. The van der Waals surface area contributed by atoms with E-state index in [9.17, 15) is 4.79 Å². The minimum absolute atomic E-state index is 0.0295. The summed E-state index contributed by atoms with van der Waals surface area (Å²) in [5.41, 5.74) is 7.67. The largest absolute Gasteiger partial charge is 0.478 e. The van der Waals surface area contributed by atoms with E-state index in [2.05, 4.69) is 0 Å². The zero-order chi connectivity index (χ0) is 15.4. The summed E-state index contributed by atoms with van der Waals surface area (Å²) < 4.78 is 5.66. The molecule has 0 unspecified atom stereocenters. The zero-order valence-corrected chi connectivity index (χ0v) is 11.7. The average Bonchev–Trinajstić information content (AvgIpc) is 2.45. The lowest BCUT2D eigenvalue weighted by molar-refractivity contribution is 0.0697. The van der Waals surface area contributed by atoms with Crippen molar-refractivity contribution in [3.8, 4) is 11.5 Å². The first kappa shape index (κ1) is 14.9. The van der Waals surface area contributed by atoms with E-state index in [-0.39, 0.29) is 17.9 Å². The molecule has 0 spiro atoms. The van der Waals surface area contributed by atoms with E-state index in [1.165, 1.54) is 6.07 Å². The van der Waals surface area contributed by atoms with Gasteiger partial charge in [0.25, 0.3) is 0 Å². The molecule has 2 aromatic rings. The molecule has 2 aromatic carbocycles. The number of benzene rings is 2. The van der Waals surface area contributed by atoms with Crippen LogP contribution in [0, 0.1) is 6.92 Å². The number of hydrogen-bond acceptors (Lipinski definition) is 4. The third kappa shape index (κ3) is 3.52. The Hall–Kier alpha value is -2.53. The number of aliphatic hydroxyl groups is 1. The SMILES string of the molecule is Cc1cc(Oc2ccc(CCO)cc2)cc(C(=O)O)c1N. The van der Waals surface area contributed by atoms with E-state index < -0.39 is 5.97 Å². The van der Waals surface area contributed by atoms with Crippen molar-refractivity contribution >= 4 is 11.7 Å². The molecule has 0 atom stereocenters. The summed E-state index contributed by atoms with van der Waals surface area (Å²) in [5.74, 6) is -0.0643. The van der Waals surface area contributed by atoms with E-state index in [1.54, 1.807) is 25.1 Å². The molecule has 0 aliphatic rings. The number of hydrogen-bond donors (Lipinski definition) is 3. The highest BCUT2D eigenvalue weighted by Crippen LogP contribution is 2.28. The third-order valence-electron chi connectivity index (χ3n) is 3.15. The van der Waals surface area contributed by atoms with Crippen molar-refractivity contribution < 1.29 is 19.7 Å². The minimum atomic E-state index is -1.08. The third-order valence-corrected chi connectivity index (χ3v) is 3.15. The molecule has 0 fully saturated rings. The summed E-state index contributed by atoms with van der Waals surface area (Å²) in [6, 6.07) is 10.4. The quantitative estimate of drug-likeness (QED) is 0.735. The molecule has 0 saturated carbocycles. The normalized spacial score (nSPS) is 10.4. The first-order chi connectivity index (χ1) is 10.0. The van der Waals surface area contributed by atoms with Gasteiger partial charge in [-0.25, -0.2) is 4.79 Å². The Morgan fingerprint density at radius 3 is 2.43 bits per heavy atom. The highest BCUT2D eigenvalue weighted by molar-refractivity contribution is 5.95. The number of rotatable bonds is 5. The van der Waals surface area contributed by atoms with Crippen molar-refractivity contribution in [3.63, 3.8) is 0 Å². The van der Waals surface area contributed by atoms with E-state index in [1.807, 2.05) is 12.1 Å². The van der Waals surface area contributed by atoms with Gasteiger partial charge in [-0.15, -0.1) is 0 Å². The van der Waals surface area contributed by atoms with Crippen LogP contribution in [0.1, 0.15) is 21.5 Å². The molecule has 0 bridgehead atoms. The fourth-order valence-electron chi connectivity index (χ4n) is 1.99. The van der Waals surface area contributed by atoms with Crippen LogP contribution in [0.5, 0.6) is 11.5 Å². The second kappa shape index (κ2) is 6.28. The number of ether oxygens (including phenoxy) is 1. The molecule has 0 radical (unpaired) electrons. The number of carboxylic acid groups (broad SMARTS) is 1. The number of carbonyl (C=O) groups is 1. The number of aromatic carboxylic acids is 1. The van der Waals surface area contributed by atoms with Gasteiger partial charge in [0.15, 0.2) is 0 Å². The van der Waals surface area contributed by atoms with Crippen LogP contribution < -0.4 is 10.5 Å². The summed E-state index contributed by atoms with van der Waals surface area (Å²) in [6.45, 7) is 1.83. The number of aryl methyl sites for hydroxylation is 1. The van der Waals surface area contributed by atoms with E-state index in [0.29, 0.717) is 23.5 Å². The fraction of sp³-hybridized carbons (Fsp3) is 0.188. The molecule has 2 rings (SSSR count). The monoisotopic (exact) mass is 287 g/mol.